The number of carbonyl (C=O) groups excluding carboxylic acids is 1. The first-order valence-electron chi connectivity index (χ1n) is 7.58. The molecule has 1 unspecified atom stereocenters. The van der Waals surface area contributed by atoms with Gasteiger partial charge in [-0.05, 0) is 44.9 Å². The third kappa shape index (κ3) is 4.09. The summed E-state index contributed by atoms with van der Waals surface area (Å²) in [6.45, 7) is 5.78. The Morgan fingerprint density at radius 3 is 2.74 bits per heavy atom. The Hall–Kier alpha value is -1.92. The molecule has 2 heterocycles. The maximum absolute atomic E-state index is 12.4. The number of hydrogen-bond acceptors (Lipinski definition) is 4. The standard InChI is InChI=1S/C16H21ClN4O2/c1-4-12(7-8-22)18-16(23)15-13(17)5-6-14(19-15)21-11(3)9-10(2)20-21/h5-6,9,12,22H,4,7-8H2,1-3H3,(H,18,23). The van der Waals surface area contributed by atoms with Crippen molar-refractivity contribution in [3.05, 3.63) is 40.3 Å². The van der Waals surface area contributed by atoms with Crippen LogP contribution >= 0.6 is 11.6 Å². The molecule has 0 saturated carbocycles. The predicted octanol–water partition coefficient (Wildman–Crippen LogP) is 2.43. The molecule has 1 amide bonds. The van der Waals surface area contributed by atoms with Gasteiger partial charge in [0.1, 0.15) is 5.69 Å². The van der Waals surface area contributed by atoms with Crippen LogP contribution in [0.15, 0.2) is 18.2 Å². The second-order valence-electron chi connectivity index (χ2n) is 5.43. The normalized spacial score (nSPS) is 12.2. The molecule has 2 N–H and O–H groups in total. The summed E-state index contributed by atoms with van der Waals surface area (Å²) in [7, 11) is 0. The van der Waals surface area contributed by atoms with Gasteiger partial charge in [-0.2, -0.15) is 5.10 Å². The third-order valence-electron chi connectivity index (χ3n) is 3.58. The van der Waals surface area contributed by atoms with Crippen molar-refractivity contribution in [2.24, 2.45) is 0 Å². The van der Waals surface area contributed by atoms with Gasteiger partial charge in [0.05, 0.1) is 10.7 Å². The van der Waals surface area contributed by atoms with Gasteiger partial charge >= 0.3 is 0 Å². The Morgan fingerprint density at radius 1 is 1.43 bits per heavy atom. The first-order valence-corrected chi connectivity index (χ1v) is 7.96. The minimum absolute atomic E-state index is 0.0196. The molecule has 0 radical (unpaired) electrons. The van der Waals surface area contributed by atoms with E-state index in [2.05, 4.69) is 15.4 Å². The van der Waals surface area contributed by atoms with E-state index in [0.717, 1.165) is 17.8 Å². The van der Waals surface area contributed by atoms with Gasteiger partial charge in [-0.15, -0.1) is 0 Å². The highest BCUT2D eigenvalue weighted by atomic mass is 35.5. The fourth-order valence-corrected chi connectivity index (χ4v) is 2.55. The topological polar surface area (TPSA) is 80.0 Å². The van der Waals surface area contributed by atoms with Crippen LogP contribution in [0.3, 0.4) is 0 Å². The van der Waals surface area contributed by atoms with E-state index in [1.807, 2.05) is 26.8 Å². The Balaban J connectivity index is 2.30. The van der Waals surface area contributed by atoms with Crippen molar-refractivity contribution < 1.29 is 9.90 Å². The number of nitrogens with one attached hydrogen (secondary N) is 1. The maximum atomic E-state index is 12.4. The molecule has 2 aromatic rings. The summed E-state index contributed by atoms with van der Waals surface area (Å²) in [5, 5.41) is 16.5. The molecule has 23 heavy (non-hydrogen) atoms. The number of aromatic nitrogens is 3. The monoisotopic (exact) mass is 336 g/mol. The van der Waals surface area contributed by atoms with Crippen molar-refractivity contribution in [1.29, 1.82) is 0 Å². The van der Waals surface area contributed by atoms with Gasteiger partial charge in [-0.25, -0.2) is 9.67 Å². The van der Waals surface area contributed by atoms with Gasteiger partial charge in [0.2, 0.25) is 0 Å². The van der Waals surface area contributed by atoms with E-state index >= 15 is 0 Å². The van der Waals surface area contributed by atoms with Gasteiger partial charge in [0, 0.05) is 18.3 Å². The summed E-state index contributed by atoms with van der Waals surface area (Å²) in [6, 6.07) is 5.19. The van der Waals surface area contributed by atoms with Gasteiger partial charge in [0.25, 0.3) is 5.91 Å². The number of aliphatic hydroxyl groups is 1. The lowest BCUT2D eigenvalue weighted by atomic mass is 10.1. The van der Waals surface area contributed by atoms with Crippen LogP contribution in [0.25, 0.3) is 5.82 Å². The minimum Gasteiger partial charge on any atom is -0.396 e. The van der Waals surface area contributed by atoms with E-state index in [4.69, 9.17) is 16.7 Å². The summed E-state index contributed by atoms with van der Waals surface area (Å²) in [5.41, 5.74) is 1.96. The van der Waals surface area contributed by atoms with Crippen molar-refractivity contribution in [2.45, 2.75) is 39.7 Å². The van der Waals surface area contributed by atoms with E-state index in [0.29, 0.717) is 12.2 Å². The largest absolute Gasteiger partial charge is 0.396 e. The van der Waals surface area contributed by atoms with Crippen LogP contribution in [0.4, 0.5) is 0 Å². The molecule has 0 aromatic carbocycles. The maximum Gasteiger partial charge on any atom is 0.271 e. The average molecular weight is 337 g/mol. The smallest absolute Gasteiger partial charge is 0.271 e. The summed E-state index contributed by atoms with van der Waals surface area (Å²) in [6.07, 6.45) is 1.22. The molecule has 0 saturated heterocycles. The molecule has 0 spiro atoms. The summed E-state index contributed by atoms with van der Waals surface area (Å²) < 4.78 is 1.67. The van der Waals surface area contributed by atoms with Crippen molar-refractivity contribution in [1.82, 2.24) is 20.1 Å². The zero-order valence-corrected chi connectivity index (χ0v) is 14.3. The van der Waals surface area contributed by atoms with Gasteiger partial charge in [0.15, 0.2) is 5.82 Å². The SMILES string of the molecule is CCC(CCO)NC(=O)c1nc(-n2nc(C)cc2C)ccc1Cl. The molecule has 2 aromatic heterocycles. The third-order valence-corrected chi connectivity index (χ3v) is 3.88. The highest BCUT2D eigenvalue weighted by Crippen LogP contribution is 2.18. The molecule has 6 nitrogen and oxygen atoms in total. The van der Waals surface area contributed by atoms with Gasteiger partial charge in [-0.1, -0.05) is 18.5 Å². The van der Waals surface area contributed by atoms with Crippen molar-refractivity contribution in [2.75, 3.05) is 6.61 Å². The van der Waals surface area contributed by atoms with Crippen LogP contribution in [-0.4, -0.2) is 38.4 Å². The number of hydrogen-bond donors (Lipinski definition) is 2. The van der Waals surface area contributed by atoms with Gasteiger partial charge in [-0.3, -0.25) is 4.79 Å². The molecule has 124 valence electrons. The lowest BCUT2D eigenvalue weighted by molar-refractivity contribution is 0.0924. The first kappa shape index (κ1) is 17.4. The zero-order valence-electron chi connectivity index (χ0n) is 13.5. The number of aryl methyl sites for hydroxylation is 2. The van der Waals surface area contributed by atoms with E-state index in [9.17, 15) is 4.79 Å². The molecule has 0 fully saturated rings. The zero-order chi connectivity index (χ0) is 17.0. The minimum atomic E-state index is -0.348. The summed E-state index contributed by atoms with van der Waals surface area (Å²) >= 11 is 6.12. The van der Waals surface area contributed by atoms with Gasteiger partial charge < -0.3 is 10.4 Å². The molecule has 0 aliphatic rings. The number of aliphatic hydroxyl groups excluding tert-OH is 1. The molecule has 7 heteroatoms. The lowest BCUT2D eigenvalue weighted by Crippen LogP contribution is -2.35. The van der Waals surface area contributed by atoms with Crippen LogP contribution < -0.4 is 5.32 Å². The fraction of sp³-hybridized carbons (Fsp3) is 0.438. The summed E-state index contributed by atoms with van der Waals surface area (Å²) in [5.74, 6) is 0.194. The highest BCUT2D eigenvalue weighted by molar-refractivity contribution is 6.33. The van der Waals surface area contributed by atoms with E-state index in [-0.39, 0.29) is 29.3 Å². The number of nitrogens with zero attached hydrogens (tertiary/aromatic N) is 3. The Morgan fingerprint density at radius 2 is 2.17 bits per heavy atom. The van der Waals surface area contributed by atoms with Crippen LogP contribution in [0.2, 0.25) is 5.02 Å². The van der Waals surface area contributed by atoms with Crippen LogP contribution in [0.1, 0.15) is 41.6 Å². The second-order valence-corrected chi connectivity index (χ2v) is 5.84. The quantitative estimate of drug-likeness (QED) is 0.849. The van der Waals surface area contributed by atoms with E-state index in [1.54, 1.807) is 16.8 Å². The molecule has 2 rings (SSSR count). The predicted molar refractivity (Wildman–Crippen MR) is 89.1 cm³/mol. The molecule has 0 aliphatic carbocycles. The van der Waals surface area contributed by atoms with Crippen LogP contribution in [0.5, 0.6) is 0 Å². The van der Waals surface area contributed by atoms with Crippen molar-refractivity contribution in [3.8, 4) is 5.82 Å². The lowest BCUT2D eigenvalue weighted by Gasteiger charge is -2.16. The van der Waals surface area contributed by atoms with Crippen molar-refractivity contribution >= 4 is 17.5 Å². The number of rotatable bonds is 6. The van der Waals surface area contributed by atoms with Crippen molar-refractivity contribution in [3.63, 3.8) is 0 Å². The number of amides is 1. The number of pyridine rings is 1. The molecule has 0 bridgehead atoms. The fourth-order valence-electron chi connectivity index (χ4n) is 2.36. The van der Waals surface area contributed by atoms with E-state index < -0.39 is 0 Å². The number of halogens is 1. The molecule has 0 aliphatic heterocycles. The van der Waals surface area contributed by atoms with Crippen LogP contribution in [-0.2, 0) is 0 Å². The van der Waals surface area contributed by atoms with Crippen LogP contribution in [0, 0.1) is 13.8 Å². The Kier molecular flexibility index (Phi) is 5.74. The summed E-state index contributed by atoms with van der Waals surface area (Å²) in [4.78, 5) is 16.8. The highest BCUT2D eigenvalue weighted by Gasteiger charge is 2.18. The second kappa shape index (κ2) is 7.57. The average Bonchev–Trinajstić information content (AvgIpc) is 2.85. The molecular formula is C16H21ClN4O2. The Labute approximate surface area is 140 Å². The number of carbonyl (C=O) groups is 1. The molecular weight excluding hydrogens is 316 g/mol. The first-order chi connectivity index (χ1) is 11.0. The Bertz CT molecular complexity index is 699. The van der Waals surface area contributed by atoms with E-state index in [1.165, 1.54) is 0 Å². The molecule has 1 atom stereocenters.